The molecule has 7 heteroatoms. The van der Waals surface area contributed by atoms with Crippen molar-refractivity contribution in [2.45, 2.75) is 19.4 Å². The minimum Gasteiger partial charge on any atom is -0.445 e. The fourth-order valence-electron chi connectivity index (χ4n) is 2.02. The molecule has 1 unspecified atom stereocenters. The number of hydrogen-bond acceptors (Lipinski definition) is 2. The maximum atomic E-state index is 12.4. The van der Waals surface area contributed by atoms with E-state index in [9.17, 15) is 12.9 Å². The molecule has 0 amide bonds. The molecule has 1 saturated heterocycles. The minimum atomic E-state index is -4.89. The summed E-state index contributed by atoms with van der Waals surface area (Å²) < 4.78 is 37.3. The van der Waals surface area contributed by atoms with Gasteiger partial charge in [0.25, 0.3) is 0 Å². The molecule has 1 atom stereocenters. The van der Waals surface area contributed by atoms with Crippen molar-refractivity contribution in [3.63, 3.8) is 0 Å². The van der Waals surface area contributed by atoms with E-state index >= 15 is 0 Å². The van der Waals surface area contributed by atoms with Gasteiger partial charge >= 0.3 is 58.4 Å². The van der Waals surface area contributed by atoms with Gasteiger partial charge in [-0.05, 0) is 40.0 Å². The van der Waals surface area contributed by atoms with Crippen LogP contribution in [0.15, 0.2) is 12.1 Å². The van der Waals surface area contributed by atoms with E-state index < -0.39 is 12.4 Å². The zero-order valence-corrected chi connectivity index (χ0v) is 14.0. The number of halogens is 3. The van der Waals surface area contributed by atoms with Gasteiger partial charge in [-0.1, -0.05) is 0 Å². The molecule has 0 saturated carbocycles. The summed E-state index contributed by atoms with van der Waals surface area (Å²) in [6, 6.07) is 0.155. The molecule has 0 aromatic heterocycles. The zero-order chi connectivity index (χ0) is 12.3. The van der Waals surface area contributed by atoms with Crippen LogP contribution < -0.4 is 51.4 Å². The van der Waals surface area contributed by atoms with Crippen LogP contribution in [0.1, 0.15) is 13.3 Å². The molecule has 1 fully saturated rings. The summed E-state index contributed by atoms with van der Waals surface area (Å²) in [7, 11) is 2.00. The molecular formula is C10H19BF3KN2. The standard InChI is InChI=1S/C10H19BF3N2.K/c1-9(11(12,13)14)7-16-6-4-5-15(3)8-10(16)2;/h10H,1,4-8H2,2-3H3;/q-1;+1. The van der Waals surface area contributed by atoms with Gasteiger partial charge in [0, 0.05) is 12.6 Å². The molecule has 0 aromatic carbocycles. The first-order valence-corrected chi connectivity index (χ1v) is 5.61. The van der Waals surface area contributed by atoms with Gasteiger partial charge in [-0.25, -0.2) is 0 Å². The SMILES string of the molecule is C=C(CN1CCCN(C)CC1C)[B-](F)(F)F.[K+]. The van der Waals surface area contributed by atoms with E-state index in [1.165, 1.54) is 0 Å². The third-order valence-corrected chi connectivity index (χ3v) is 3.05. The molecule has 1 rings (SSSR count). The van der Waals surface area contributed by atoms with Crippen molar-refractivity contribution in [3.05, 3.63) is 12.1 Å². The van der Waals surface area contributed by atoms with Crippen molar-refractivity contribution >= 4 is 6.98 Å². The number of hydrogen-bond donors (Lipinski definition) is 0. The zero-order valence-electron chi connectivity index (χ0n) is 10.9. The van der Waals surface area contributed by atoms with Gasteiger partial charge in [-0.2, -0.15) is 0 Å². The number of rotatable bonds is 3. The summed E-state index contributed by atoms with van der Waals surface area (Å²) in [6.45, 7) is 2.67. The Morgan fingerprint density at radius 1 is 1.35 bits per heavy atom. The fourth-order valence-corrected chi connectivity index (χ4v) is 2.02. The van der Waals surface area contributed by atoms with Crippen LogP contribution in [0.3, 0.4) is 0 Å². The Balaban J connectivity index is 0.00000256. The van der Waals surface area contributed by atoms with Crippen LogP contribution in [0.5, 0.6) is 0 Å². The predicted octanol–water partition coefficient (Wildman–Crippen LogP) is -1.04. The van der Waals surface area contributed by atoms with Gasteiger partial charge in [0.1, 0.15) is 0 Å². The first kappa shape index (κ1) is 18.2. The van der Waals surface area contributed by atoms with Gasteiger partial charge in [-0.15, -0.1) is 12.1 Å². The monoisotopic (exact) mass is 274 g/mol. The van der Waals surface area contributed by atoms with Crippen molar-refractivity contribution in [2.24, 2.45) is 0 Å². The second-order valence-electron chi connectivity index (χ2n) is 4.67. The Bertz CT molecular complexity index is 260. The van der Waals surface area contributed by atoms with E-state index in [1.54, 1.807) is 0 Å². The number of nitrogens with zero attached hydrogens (tertiary/aromatic N) is 2. The van der Waals surface area contributed by atoms with Crippen LogP contribution in [0.25, 0.3) is 0 Å². The summed E-state index contributed by atoms with van der Waals surface area (Å²) in [5.41, 5.74) is -0.587. The molecular weight excluding hydrogens is 255 g/mol. The van der Waals surface area contributed by atoms with Crippen molar-refractivity contribution < 1.29 is 64.3 Å². The van der Waals surface area contributed by atoms with Crippen molar-refractivity contribution in [1.29, 1.82) is 0 Å². The van der Waals surface area contributed by atoms with Crippen LogP contribution in [0.4, 0.5) is 12.9 Å². The summed E-state index contributed by atoms with van der Waals surface area (Å²) in [5, 5.41) is 0. The molecule has 0 aromatic rings. The summed E-state index contributed by atoms with van der Waals surface area (Å²) >= 11 is 0. The maximum absolute atomic E-state index is 12.4. The van der Waals surface area contributed by atoms with E-state index in [-0.39, 0.29) is 64.0 Å². The Hall–Kier alpha value is 1.15. The normalized spacial score (nSPS) is 23.9. The average molecular weight is 274 g/mol. The molecule has 1 aliphatic heterocycles. The quantitative estimate of drug-likeness (QED) is 0.607. The molecule has 1 aliphatic rings. The first-order chi connectivity index (χ1) is 7.30. The van der Waals surface area contributed by atoms with E-state index in [4.69, 9.17) is 0 Å². The predicted molar refractivity (Wildman–Crippen MR) is 61.4 cm³/mol. The Kier molecular flexibility index (Phi) is 8.19. The van der Waals surface area contributed by atoms with Crippen LogP contribution in [0.2, 0.25) is 0 Å². The van der Waals surface area contributed by atoms with Gasteiger partial charge in [0.15, 0.2) is 0 Å². The van der Waals surface area contributed by atoms with E-state index in [2.05, 4.69) is 11.5 Å². The fraction of sp³-hybridized carbons (Fsp3) is 0.800. The Labute approximate surface area is 144 Å². The van der Waals surface area contributed by atoms with Crippen LogP contribution >= 0.6 is 0 Å². The first-order valence-electron chi connectivity index (χ1n) is 5.61. The van der Waals surface area contributed by atoms with Crippen LogP contribution in [-0.4, -0.2) is 56.0 Å². The Morgan fingerprint density at radius 3 is 2.47 bits per heavy atom. The summed E-state index contributed by atoms with van der Waals surface area (Å²) in [5.74, 6) is 0. The largest absolute Gasteiger partial charge is 1.00 e. The van der Waals surface area contributed by atoms with E-state index in [0.29, 0.717) is 0 Å². The third-order valence-electron chi connectivity index (χ3n) is 3.05. The molecule has 0 aliphatic carbocycles. The molecule has 1 heterocycles. The smallest absolute Gasteiger partial charge is 0.445 e. The van der Waals surface area contributed by atoms with Gasteiger partial charge < -0.3 is 17.8 Å². The topological polar surface area (TPSA) is 6.48 Å². The average Bonchev–Trinajstić information content (AvgIpc) is 2.27. The molecule has 0 radical (unpaired) electrons. The van der Waals surface area contributed by atoms with Crippen LogP contribution in [-0.2, 0) is 0 Å². The van der Waals surface area contributed by atoms with E-state index in [0.717, 1.165) is 26.1 Å². The van der Waals surface area contributed by atoms with Crippen molar-refractivity contribution in [3.8, 4) is 0 Å². The van der Waals surface area contributed by atoms with Crippen LogP contribution in [0, 0.1) is 0 Å². The number of likely N-dealkylation sites (N-methyl/N-ethyl adjacent to an activating group) is 1. The second-order valence-corrected chi connectivity index (χ2v) is 4.67. The summed E-state index contributed by atoms with van der Waals surface area (Å²) in [6.07, 6.45) is 0.916. The molecule has 0 bridgehead atoms. The summed E-state index contributed by atoms with van der Waals surface area (Å²) in [4.78, 5) is 4.03. The molecule has 0 spiro atoms. The Morgan fingerprint density at radius 2 is 1.94 bits per heavy atom. The minimum absolute atomic E-state index is 0. The van der Waals surface area contributed by atoms with E-state index in [1.807, 2.05) is 18.9 Å². The maximum Gasteiger partial charge on any atom is 1.00 e. The van der Waals surface area contributed by atoms with Crippen molar-refractivity contribution in [2.75, 3.05) is 33.2 Å². The van der Waals surface area contributed by atoms with Crippen molar-refractivity contribution in [1.82, 2.24) is 9.80 Å². The van der Waals surface area contributed by atoms with Gasteiger partial charge in [0.2, 0.25) is 0 Å². The third kappa shape index (κ3) is 6.22. The van der Waals surface area contributed by atoms with Gasteiger partial charge in [-0.3, -0.25) is 4.90 Å². The molecule has 94 valence electrons. The van der Waals surface area contributed by atoms with Gasteiger partial charge in [0.05, 0.1) is 0 Å². The molecule has 0 N–H and O–H groups in total. The second kappa shape index (κ2) is 7.67. The molecule has 17 heavy (non-hydrogen) atoms. The molecule has 2 nitrogen and oxygen atoms in total.